The Kier molecular flexibility index (Phi) is 5.70. The molecule has 0 aliphatic carbocycles. The van der Waals surface area contributed by atoms with Crippen molar-refractivity contribution in [2.45, 2.75) is 19.3 Å². The van der Waals surface area contributed by atoms with Gasteiger partial charge >= 0.3 is 0 Å². The van der Waals surface area contributed by atoms with Gasteiger partial charge in [-0.05, 0) is 49.9 Å². The number of hydrogen-bond donors (Lipinski definition) is 1. The summed E-state index contributed by atoms with van der Waals surface area (Å²) < 4.78 is 18.5. The van der Waals surface area contributed by atoms with Crippen LogP contribution in [-0.4, -0.2) is 49.1 Å². The molecule has 1 saturated heterocycles. The summed E-state index contributed by atoms with van der Waals surface area (Å²) in [5.41, 5.74) is 0.373. The number of aliphatic hydroxyl groups excluding tert-OH is 1. The fourth-order valence-corrected chi connectivity index (χ4v) is 2.85. The van der Waals surface area contributed by atoms with Crippen molar-refractivity contribution in [3.8, 4) is 5.75 Å². The van der Waals surface area contributed by atoms with Crippen molar-refractivity contribution in [3.05, 3.63) is 29.6 Å². The number of methoxy groups -OCH3 is 1. The van der Waals surface area contributed by atoms with Crippen molar-refractivity contribution >= 4 is 5.78 Å². The van der Waals surface area contributed by atoms with Crippen LogP contribution in [0.5, 0.6) is 5.75 Å². The zero-order chi connectivity index (χ0) is 15.2. The van der Waals surface area contributed by atoms with Gasteiger partial charge in [-0.2, -0.15) is 0 Å². The molecular weight excluding hydrogens is 273 g/mol. The number of ether oxygens (including phenoxy) is 1. The molecule has 0 amide bonds. The number of Topliss-reactive ketones (excluding diaryl/α,β-unsaturated/α-hetero) is 1. The molecule has 4 nitrogen and oxygen atoms in total. The molecule has 1 aromatic carbocycles. The summed E-state index contributed by atoms with van der Waals surface area (Å²) >= 11 is 0. The van der Waals surface area contributed by atoms with Crippen molar-refractivity contribution in [2.24, 2.45) is 5.92 Å². The molecule has 0 spiro atoms. The average Bonchev–Trinajstić information content (AvgIpc) is 2.48. The van der Waals surface area contributed by atoms with Crippen LogP contribution in [0, 0.1) is 11.7 Å². The third kappa shape index (κ3) is 4.25. The Morgan fingerprint density at radius 2 is 2.33 bits per heavy atom. The van der Waals surface area contributed by atoms with E-state index in [2.05, 4.69) is 4.90 Å². The number of carbonyl (C=O) groups is 1. The molecule has 1 heterocycles. The fourth-order valence-electron chi connectivity index (χ4n) is 2.85. The van der Waals surface area contributed by atoms with Crippen LogP contribution < -0.4 is 4.74 Å². The van der Waals surface area contributed by atoms with Gasteiger partial charge < -0.3 is 9.84 Å². The maximum Gasteiger partial charge on any atom is 0.176 e. The number of piperidine rings is 1. The highest BCUT2D eigenvalue weighted by molar-refractivity contribution is 5.97. The molecule has 21 heavy (non-hydrogen) atoms. The maximum absolute atomic E-state index is 13.6. The van der Waals surface area contributed by atoms with E-state index in [9.17, 15) is 9.18 Å². The van der Waals surface area contributed by atoms with Gasteiger partial charge in [-0.25, -0.2) is 4.39 Å². The van der Waals surface area contributed by atoms with Crippen LogP contribution in [0.3, 0.4) is 0 Å². The number of ketones is 1. The van der Waals surface area contributed by atoms with Gasteiger partial charge in [-0.1, -0.05) is 0 Å². The van der Waals surface area contributed by atoms with Gasteiger partial charge in [0.25, 0.3) is 0 Å². The number of halogens is 1. The van der Waals surface area contributed by atoms with Crippen LogP contribution in [0.2, 0.25) is 0 Å². The highest BCUT2D eigenvalue weighted by Gasteiger charge is 2.22. The summed E-state index contributed by atoms with van der Waals surface area (Å²) in [7, 11) is 1.40. The summed E-state index contributed by atoms with van der Waals surface area (Å²) in [6.07, 6.45) is 2.92. The van der Waals surface area contributed by atoms with Gasteiger partial charge in [0, 0.05) is 18.7 Å². The first-order valence-electron chi connectivity index (χ1n) is 7.34. The van der Waals surface area contributed by atoms with Gasteiger partial charge in [-0.15, -0.1) is 0 Å². The van der Waals surface area contributed by atoms with E-state index in [-0.39, 0.29) is 18.1 Å². The smallest absolute Gasteiger partial charge is 0.176 e. The summed E-state index contributed by atoms with van der Waals surface area (Å²) in [5, 5.41) is 9.01. The van der Waals surface area contributed by atoms with E-state index < -0.39 is 5.82 Å². The van der Waals surface area contributed by atoms with Gasteiger partial charge in [0.2, 0.25) is 0 Å². The summed E-state index contributed by atoms with van der Waals surface area (Å²) in [5.74, 6) is -0.00182. The molecule has 0 saturated carbocycles. The van der Waals surface area contributed by atoms with E-state index in [0.29, 0.717) is 18.0 Å². The number of benzene rings is 1. The van der Waals surface area contributed by atoms with Crippen LogP contribution in [0.25, 0.3) is 0 Å². The van der Waals surface area contributed by atoms with Crippen molar-refractivity contribution in [1.82, 2.24) is 4.90 Å². The first kappa shape index (κ1) is 15.9. The lowest BCUT2D eigenvalue weighted by atomic mass is 9.95. The van der Waals surface area contributed by atoms with E-state index in [1.54, 1.807) is 6.07 Å². The standard InChI is InChI=1S/C16H22FNO3/c1-21-16-5-4-13(9-14(16)17)15(20)11-18-7-2-3-12(10-18)6-8-19/h4-5,9,12,19H,2-3,6-8,10-11H2,1H3. The quantitative estimate of drug-likeness (QED) is 0.817. The average molecular weight is 295 g/mol. The minimum Gasteiger partial charge on any atom is -0.494 e. The van der Waals surface area contributed by atoms with Crippen molar-refractivity contribution < 1.29 is 19.0 Å². The Morgan fingerprint density at radius 1 is 1.52 bits per heavy atom. The monoisotopic (exact) mass is 295 g/mol. The molecule has 5 heteroatoms. The molecule has 2 rings (SSSR count). The number of nitrogens with zero attached hydrogens (tertiary/aromatic N) is 1. The Morgan fingerprint density at radius 3 is 3.00 bits per heavy atom. The number of hydrogen-bond acceptors (Lipinski definition) is 4. The highest BCUT2D eigenvalue weighted by Crippen LogP contribution is 2.21. The minimum atomic E-state index is -0.514. The zero-order valence-corrected chi connectivity index (χ0v) is 12.3. The molecule has 116 valence electrons. The summed E-state index contributed by atoms with van der Waals surface area (Å²) in [6, 6.07) is 4.31. The lowest BCUT2D eigenvalue weighted by Crippen LogP contribution is -2.39. The topological polar surface area (TPSA) is 49.8 Å². The van der Waals surface area contributed by atoms with Gasteiger partial charge in [0.05, 0.1) is 13.7 Å². The Bertz CT molecular complexity index is 490. The van der Waals surface area contributed by atoms with Gasteiger partial charge in [0.1, 0.15) is 0 Å². The highest BCUT2D eigenvalue weighted by atomic mass is 19.1. The van der Waals surface area contributed by atoms with Crippen molar-refractivity contribution in [3.63, 3.8) is 0 Å². The molecule has 1 aliphatic heterocycles. The van der Waals surface area contributed by atoms with Crippen LogP contribution in [0.4, 0.5) is 4.39 Å². The van der Waals surface area contributed by atoms with Crippen LogP contribution in [0.1, 0.15) is 29.6 Å². The molecule has 1 N–H and O–H groups in total. The molecule has 1 atom stereocenters. The molecule has 1 aliphatic rings. The minimum absolute atomic E-state index is 0.0822. The Hall–Kier alpha value is -1.46. The van der Waals surface area contributed by atoms with Gasteiger partial charge in [0.15, 0.2) is 17.3 Å². The molecule has 0 bridgehead atoms. The van der Waals surface area contributed by atoms with E-state index in [0.717, 1.165) is 32.4 Å². The third-order valence-electron chi connectivity index (χ3n) is 3.98. The number of rotatable bonds is 6. The second-order valence-electron chi connectivity index (χ2n) is 5.53. The summed E-state index contributed by atoms with van der Waals surface area (Å²) in [6.45, 7) is 2.20. The molecule has 1 fully saturated rings. The largest absolute Gasteiger partial charge is 0.494 e. The summed E-state index contributed by atoms with van der Waals surface area (Å²) in [4.78, 5) is 14.3. The zero-order valence-electron chi connectivity index (χ0n) is 12.3. The second kappa shape index (κ2) is 7.52. The van der Waals surface area contributed by atoms with E-state index in [1.807, 2.05) is 0 Å². The van der Waals surface area contributed by atoms with E-state index >= 15 is 0 Å². The molecule has 1 unspecified atom stereocenters. The van der Waals surface area contributed by atoms with Crippen molar-refractivity contribution in [1.29, 1.82) is 0 Å². The second-order valence-corrected chi connectivity index (χ2v) is 5.53. The lowest BCUT2D eigenvalue weighted by Gasteiger charge is -2.31. The van der Waals surface area contributed by atoms with Crippen molar-refractivity contribution in [2.75, 3.05) is 33.4 Å². The fraction of sp³-hybridized carbons (Fsp3) is 0.562. The molecular formula is C16H22FNO3. The number of likely N-dealkylation sites (tertiary alicyclic amines) is 1. The third-order valence-corrected chi connectivity index (χ3v) is 3.98. The maximum atomic E-state index is 13.6. The van der Waals surface area contributed by atoms with Gasteiger partial charge in [-0.3, -0.25) is 9.69 Å². The first-order chi connectivity index (χ1) is 10.1. The molecule has 0 radical (unpaired) electrons. The van der Waals surface area contributed by atoms with Crippen LogP contribution in [0.15, 0.2) is 18.2 Å². The SMILES string of the molecule is COc1ccc(C(=O)CN2CCCC(CCO)C2)cc1F. The van der Waals surface area contributed by atoms with Crippen LogP contribution >= 0.6 is 0 Å². The normalized spacial score (nSPS) is 19.5. The van der Waals surface area contributed by atoms with E-state index in [1.165, 1.54) is 19.2 Å². The number of aliphatic hydroxyl groups is 1. The number of carbonyl (C=O) groups excluding carboxylic acids is 1. The molecule has 1 aromatic rings. The van der Waals surface area contributed by atoms with E-state index in [4.69, 9.17) is 9.84 Å². The Labute approximate surface area is 124 Å². The predicted octanol–water partition coefficient (Wildman–Crippen LogP) is 2.11. The van der Waals surface area contributed by atoms with Crippen LogP contribution in [-0.2, 0) is 0 Å². The predicted molar refractivity (Wildman–Crippen MR) is 78.1 cm³/mol. The first-order valence-corrected chi connectivity index (χ1v) is 7.34. The lowest BCUT2D eigenvalue weighted by molar-refractivity contribution is 0.0871. The molecule has 0 aromatic heterocycles. The Balaban J connectivity index is 1.96.